The number of aromatic amines is 1. The molecule has 1 aliphatic rings. The second kappa shape index (κ2) is 6.32. The first-order valence-electron chi connectivity index (χ1n) is 7.80. The van der Waals surface area contributed by atoms with Crippen LogP contribution in [0.25, 0.3) is 0 Å². The molecule has 0 bridgehead atoms. The van der Waals surface area contributed by atoms with Gasteiger partial charge < -0.3 is 14.5 Å². The van der Waals surface area contributed by atoms with Gasteiger partial charge in [-0.2, -0.15) is 5.10 Å². The molecule has 6 heteroatoms. The van der Waals surface area contributed by atoms with Gasteiger partial charge >= 0.3 is 0 Å². The van der Waals surface area contributed by atoms with E-state index < -0.39 is 0 Å². The van der Waals surface area contributed by atoms with Crippen molar-refractivity contribution in [2.45, 2.75) is 13.8 Å². The van der Waals surface area contributed by atoms with Crippen molar-refractivity contribution in [3.8, 4) is 5.75 Å². The van der Waals surface area contributed by atoms with E-state index in [9.17, 15) is 4.79 Å². The van der Waals surface area contributed by atoms with Crippen molar-refractivity contribution < 1.29 is 9.53 Å². The number of rotatable bonds is 3. The van der Waals surface area contributed by atoms with Crippen LogP contribution in [0.5, 0.6) is 5.75 Å². The number of ether oxygens (including phenoxy) is 1. The van der Waals surface area contributed by atoms with Crippen LogP contribution in [0.3, 0.4) is 0 Å². The molecule has 2 aromatic rings. The second-order valence-electron chi connectivity index (χ2n) is 5.79. The van der Waals surface area contributed by atoms with Gasteiger partial charge in [0, 0.05) is 31.7 Å². The third-order valence-corrected chi connectivity index (χ3v) is 4.31. The van der Waals surface area contributed by atoms with E-state index in [-0.39, 0.29) is 5.91 Å². The number of anilines is 1. The van der Waals surface area contributed by atoms with Gasteiger partial charge in [-0.25, -0.2) is 0 Å². The third kappa shape index (κ3) is 3.02. The number of aromatic nitrogens is 2. The van der Waals surface area contributed by atoms with E-state index in [1.165, 1.54) is 5.69 Å². The smallest absolute Gasteiger partial charge is 0.253 e. The first-order chi connectivity index (χ1) is 11.1. The first-order valence-corrected chi connectivity index (χ1v) is 7.80. The summed E-state index contributed by atoms with van der Waals surface area (Å²) in [5, 5.41) is 7.27. The minimum absolute atomic E-state index is 0.0768. The summed E-state index contributed by atoms with van der Waals surface area (Å²) in [6.45, 7) is 7.12. The number of methoxy groups -OCH3 is 1. The fourth-order valence-electron chi connectivity index (χ4n) is 3.06. The Labute approximate surface area is 136 Å². The van der Waals surface area contributed by atoms with Crippen molar-refractivity contribution in [3.63, 3.8) is 0 Å². The lowest BCUT2D eigenvalue weighted by Crippen LogP contribution is -2.49. The molecule has 122 valence electrons. The molecule has 1 N–H and O–H groups in total. The summed E-state index contributed by atoms with van der Waals surface area (Å²) in [5.74, 6) is 0.838. The van der Waals surface area contributed by atoms with Gasteiger partial charge in [0.25, 0.3) is 5.91 Å². The Morgan fingerprint density at radius 1 is 1.13 bits per heavy atom. The molecule has 0 saturated carbocycles. The van der Waals surface area contributed by atoms with Gasteiger partial charge in [0.15, 0.2) is 0 Å². The highest BCUT2D eigenvalue weighted by Gasteiger charge is 2.24. The molecule has 0 spiro atoms. The molecule has 1 aromatic carbocycles. The van der Waals surface area contributed by atoms with E-state index in [1.807, 2.05) is 43.0 Å². The molecule has 1 amide bonds. The number of amides is 1. The van der Waals surface area contributed by atoms with Gasteiger partial charge in [-0.1, -0.05) is 0 Å². The molecule has 0 aliphatic carbocycles. The summed E-state index contributed by atoms with van der Waals surface area (Å²) in [7, 11) is 1.62. The number of carbonyl (C=O) groups excluding carboxylic acids is 1. The second-order valence-corrected chi connectivity index (χ2v) is 5.79. The number of nitrogens with zero attached hydrogens (tertiary/aromatic N) is 3. The maximum atomic E-state index is 12.6. The van der Waals surface area contributed by atoms with Crippen molar-refractivity contribution in [3.05, 3.63) is 41.2 Å². The number of piperazine rings is 1. The Hall–Kier alpha value is -2.50. The van der Waals surface area contributed by atoms with Crippen LogP contribution in [0.4, 0.5) is 5.69 Å². The summed E-state index contributed by atoms with van der Waals surface area (Å²) < 4.78 is 5.13. The number of aryl methyl sites for hydroxylation is 2. The molecule has 0 unspecified atom stereocenters. The quantitative estimate of drug-likeness (QED) is 0.941. The number of carbonyl (C=O) groups is 1. The summed E-state index contributed by atoms with van der Waals surface area (Å²) in [5.41, 5.74) is 3.96. The molecule has 0 radical (unpaired) electrons. The molecule has 3 rings (SSSR count). The SMILES string of the molecule is COc1ccc(C(=O)N2CCN(c3c(C)n[nH]c3C)CC2)cc1. The van der Waals surface area contributed by atoms with Gasteiger partial charge in [-0.3, -0.25) is 9.89 Å². The Morgan fingerprint density at radius 2 is 1.78 bits per heavy atom. The summed E-state index contributed by atoms with van der Waals surface area (Å²) >= 11 is 0. The van der Waals surface area contributed by atoms with Gasteiger partial charge in [0.05, 0.1) is 24.2 Å². The van der Waals surface area contributed by atoms with E-state index in [2.05, 4.69) is 15.1 Å². The third-order valence-electron chi connectivity index (χ3n) is 4.31. The highest BCUT2D eigenvalue weighted by atomic mass is 16.5. The van der Waals surface area contributed by atoms with Crippen molar-refractivity contribution in [2.75, 3.05) is 38.2 Å². The summed E-state index contributed by atoms with van der Waals surface area (Å²) in [4.78, 5) is 16.8. The van der Waals surface area contributed by atoms with Crippen molar-refractivity contribution in [1.29, 1.82) is 0 Å². The molecule has 1 fully saturated rings. The van der Waals surface area contributed by atoms with Crippen LogP contribution in [0.1, 0.15) is 21.7 Å². The number of hydrogen-bond acceptors (Lipinski definition) is 4. The van der Waals surface area contributed by atoms with Crippen LogP contribution in [-0.4, -0.2) is 54.3 Å². The zero-order valence-corrected chi connectivity index (χ0v) is 13.8. The predicted octanol–water partition coefficient (Wildman–Crippen LogP) is 2.00. The fraction of sp³-hybridized carbons (Fsp3) is 0.412. The largest absolute Gasteiger partial charge is 0.497 e. The predicted molar refractivity (Wildman–Crippen MR) is 89.2 cm³/mol. The van der Waals surface area contributed by atoms with Gasteiger partial charge in [-0.05, 0) is 38.1 Å². The summed E-state index contributed by atoms with van der Waals surface area (Å²) in [6, 6.07) is 7.28. The lowest BCUT2D eigenvalue weighted by atomic mass is 10.1. The molecular weight excluding hydrogens is 292 g/mol. The van der Waals surface area contributed by atoms with E-state index in [4.69, 9.17) is 4.74 Å². The highest BCUT2D eigenvalue weighted by molar-refractivity contribution is 5.94. The fourth-order valence-corrected chi connectivity index (χ4v) is 3.06. The van der Waals surface area contributed by atoms with Gasteiger partial charge in [0.1, 0.15) is 5.75 Å². The number of hydrogen-bond donors (Lipinski definition) is 1. The number of nitrogens with one attached hydrogen (secondary N) is 1. The molecule has 2 heterocycles. The van der Waals surface area contributed by atoms with E-state index >= 15 is 0 Å². The Bertz CT molecular complexity index is 666. The van der Waals surface area contributed by atoms with Crippen molar-refractivity contribution >= 4 is 11.6 Å². The van der Waals surface area contributed by atoms with Crippen LogP contribution in [0.2, 0.25) is 0 Å². The molecular formula is C17H22N4O2. The van der Waals surface area contributed by atoms with Gasteiger partial charge in [-0.15, -0.1) is 0 Å². The number of benzene rings is 1. The minimum Gasteiger partial charge on any atom is -0.497 e. The van der Waals surface area contributed by atoms with Crippen LogP contribution >= 0.6 is 0 Å². The molecule has 23 heavy (non-hydrogen) atoms. The zero-order valence-electron chi connectivity index (χ0n) is 13.8. The average molecular weight is 314 g/mol. The standard InChI is InChI=1S/C17H22N4O2/c1-12-16(13(2)19-18-12)20-8-10-21(11-9-20)17(22)14-4-6-15(23-3)7-5-14/h4-7H,8-11H2,1-3H3,(H,18,19). The van der Waals surface area contributed by atoms with E-state index in [0.29, 0.717) is 5.56 Å². The number of H-pyrrole nitrogens is 1. The van der Waals surface area contributed by atoms with Crippen LogP contribution in [0, 0.1) is 13.8 Å². The molecule has 6 nitrogen and oxygen atoms in total. The molecule has 1 aromatic heterocycles. The minimum atomic E-state index is 0.0768. The Kier molecular flexibility index (Phi) is 4.23. The highest BCUT2D eigenvalue weighted by Crippen LogP contribution is 2.23. The lowest BCUT2D eigenvalue weighted by molar-refractivity contribution is 0.0746. The van der Waals surface area contributed by atoms with Gasteiger partial charge in [0.2, 0.25) is 0 Å². The molecule has 1 saturated heterocycles. The first kappa shape index (κ1) is 15.4. The Balaban J connectivity index is 1.65. The normalized spacial score (nSPS) is 14.9. The monoisotopic (exact) mass is 314 g/mol. The Morgan fingerprint density at radius 3 is 2.30 bits per heavy atom. The maximum Gasteiger partial charge on any atom is 0.253 e. The van der Waals surface area contributed by atoms with Crippen LogP contribution < -0.4 is 9.64 Å². The molecule has 0 atom stereocenters. The van der Waals surface area contributed by atoms with Crippen molar-refractivity contribution in [1.82, 2.24) is 15.1 Å². The van der Waals surface area contributed by atoms with Crippen molar-refractivity contribution in [2.24, 2.45) is 0 Å². The van der Waals surface area contributed by atoms with Crippen LogP contribution in [-0.2, 0) is 0 Å². The lowest BCUT2D eigenvalue weighted by Gasteiger charge is -2.36. The van der Waals surface area contributed by atoms with E-state index in [1.54, 1.807) is 7.11 Å². The van der Waals surface area contributed by atoms with Crippen LogP contribution in [0.15, 0.2) is 24.3 Å². The average Bonchev–Trinajstić information content (AvgIpc) is 2.93. The maximum absolute atomic E-state index is 12.6. The zero-order chi connectivity index (χ0) is 16.4. The topological polar surface area (TPSA) is 61.5 Å². The molecule has 1 aliphatic heterocycles. The van der Waals surface area contributed by atoms with E-state index in [0.717, 1.165) is 43.3 Å². The summed E-state index contributed by atoms with van der Waals surface area (Å²) in [6.07, 6.45) is 0.